The summed E-state index contributed by atoms with van der Waals surface area (Å²) in [5, 5.41) is 3.31. The lowest BCUT2D eigenvalue weighted by atomic mass is 9.92. The second kappa shape index (κ2) is 7.88. The van der Waals surface area contributed by atoms with Crippen LogP contribution in [-0.4, -0.2) is 13.6 Å². The molecule has 0 saturated heterocycles. The minimum atomic E-state index is 0.753. The summed E-state index contributed by atoms with van der Waals surface area (Å²) < 4.78 is 1.16. The maximum atomic E-state index is 3.48. The molecule has 17 heavy (non-hydrogen) atoms. The molecular formula is C15H24BrN. The van der Waals surface area contributed by atoms with Crippen molar-refractivity contribution in [2.24, 2.45) is 11.8 Å². The minimum absolute atomic E-state index is 0.753. The van der Waals surface area contributed by atoms with Gasteiger partial charge < -0.3 is 5.32 Å². The Hall–Kier alpha value is -0.340. The van der Waals surface area contributed by atoms with E-state index in [-0.39, 0.29) is 0 Å². The van der Waals surface area contributed by atoms with Crippen molar-refractivity contribution >= 4 is 15.9 Å². The van der Waals surface area contributed by atoms with Gasteiger partial charge in [-0.25, -0.2) is 0 Å². The van der Waals surface area contributed by atoms with Gasteiger partial charge in [-0.2, -0.15) is 0 Å². The zero-order valence-electron chi connectivity index (χ0n) is 11.2. The molecule has 0 bridgehead atoms. The maximum Gasteiger partial charge on any atom is 0.0175 e. The van der Waals surface area contributed by atoms with Crippen LogP contribution in [0.4, 0.5) is 0 Å². The van der Waals surface area contributed by atoms with Gasteiger partial charge >= 0.3 is 0 Å². The van der Waals surface area contributed by atoms with Crippen molar-refractivity contribution in [2.45, 2.75) is 33.1 Å². The molecule has 96 valence electrons. The fourth-order valence-corrected chi connectivity index (χ4v) is 2.35. The first-order valence-corrected chi connectivity index (χ1v) is 7.30. The summed E-state index contributed by atoms with van der Waals surface area (Å²) in [6.45, 7) is 5.72. The molecule has 0 aliphatic carbocycles. The van der Waals surface area contributed by atoms with E-state index in [0.717, 1.165) is 22.9 Å². The fourth-order valence-electron chi connectivity index (χ4n) is 2.09. The zero-order valence-corrected chi connectivity index (χ0v) is 12.8. The van der Waals surface area contributed by atoms with Gasteiger partial charge in [0.25, 0.3) is 0 Å². The van der Waals surface area contributed by atoms with Crippen molar-refractivity contribution < 1.29 is 0 Å². The van der Waals surface area contributed by atoms with Gasteiger partial charge in [-0.1, -0.05) is 48.3 Å². The number of halogens is 1. The van der Waals surface area contributed by atoms with Crippen LogP contribution >= 0.6 is 15.9 Å². The van der Waals surface area contributed by atoms with Gasteiger partial charge in [0.15, 0.2) is 0 Å². The average Bonchev–Trinajstić information content (AvgIpc) is 2.29. The van der Waals surface area contributed by atoms with Gasteiger partial charge in [0, 0.05) is 4.47 Å². The molecule has 0 aromatic heterocycles. The Kier molecular flexibility index (Phi) is 6.83. The molecule has 0 fully saturated rings. The van der Waals surface area contributed by atoms with Crippen molar-refractivity contribution in [3.63, 3.8) is 0 Å². The number of hydrogen-bond donors (Lipinski definition) is 1. The Morgan fingerprint density at radius 2 is 1.76 bits per heavy atom. The number of rotatable bonds is 7. The first-order chi connectivity index (χ1) is 8.11. The second-order valence-electron chi connectivity index (χ2n) is 5.23. The molecular weight excluding hydrogens is 274 g/mol. The summed E-state index contributed by atoms with van der Waals surface area (Å²) in [4.78, 5) is 0. The molecule has 0 saturated carbocycles. The molecule has 0 radical (unpaired) electrons. The van der Waals surface area contributed by atoms with Crippen LogP contribution in [0.25, 0.3) is 0 Å². The first-order valence-electron chi connectivity index (χ1n) is 6.51. The van der Waals surface area contributed by atoms with E-state index >= 15 is 0 Å². The summed E-state index contributed by atoms with van der Waals surface area (Å²) >= 11 is 3.48. The Morgan fingerprint density at radius 1 is 1.12 bits per heavy atom. The summed E-state index contributed by atoms with van der Waals surface area (Å²) in [6.07, 6.45) is 3.82. The lowest BCUT2D eigenvalue weighted by Gasteiger charge is -2.17. The number of benzene rings is 1. The highest BCUT2D eigenvalue weighted by atomic mass is 79.9. The highest BCUT2D eigenvalue weighted by Crippen LogP contribution is 2.18. The molecule has 1 N–H and O–H groups in total. The first kappa shape index (κ1) is 14.7. The Balaban J connectivity index is 2.50. The van der Waals surface area contributed by atoms with Crippen LogP contribution in [0.1, 0.15) is 32.3 Å². The predicted molar refractivity (Wildman–Crippen MR) is 79.3 cm³/mol. The van der Waals surface area contributed by atoms with E-state index in [2.05, 4.69) is 59.4 Å². The highest BCUT2D eigenvalue weighted by Gasteiger charge is 2.09. The molecule has 1 nitrogen and oxygen atoms in total. The van der Waals surface area contributed by atoms with E-state index < -0.39 is 0 Å². The number of hydrogen-bond acceptors (Lipinski definition) is 1. The average molecular weight is 298 g/mol. The maximum absolute atomic E-state index is 3.48. The van der Waals surface area contributed by atoms with Crippen LogP contribution in [0.2, 0.25) is 0 Å². The van der Waals surface area contributed by atoms with E-state index in [1.54, 1.807) is 0 Å². The summed E-state index contributed by atoms with van der Waals surface area (Å²) in [6, 6.07) is 8.71. The summed E-state index contributed by atoms with van der Waals surface area (Å²) in [7, 11) is 2.05. The van der Waals surface area contributed by atoms with Gasteiger partial charge in [0.1, 0.15) is 0 Å². The van der Waals surface area contributed by atoms with Crippen LogP contribution < -0.4 is 5.32 Å². The van der Waals surface area contributed by atoms with Crippen molar-refractivity contribution in [3.8, 4) is 0 Å². The predicted octanol–water partition coefficient (Wildman–Crippen LogP) is 4.26. The van der Waals surface area contributed by atoms with Gasteiger partial charge in [0.2, 0.25) is 0 Å². The van der Waals surface area contributed by atoms with Crippen LogP contribution in [-0.2, 0) is 6.42 Å². The monoisotopic (exact) mass is 297 g/mol. The van der Waals surface area contributed by atoms with Crippen LogP contribution in [0.3, 0.4) is 0 Å². The van der Waals surface area contributed by atoms with Crippen molar-refractivity contribution in [2.75, 3.05) is 13.6 Å². The molecule has 1 aromatic carbocycles. The topological polar surface area (TPSA) is 12.0 Å². The molecule has 0 heterocycles. The Morgan fingerprint density at radius 3 is 2.29 bits per heavy atom. The molecule has 1 aromatic rings. The van der Waals surface area contributed by atoms with E-state index in [1.807, 2.05) is 7.05 Å². The largest absolute Gasteiger partial charge is 0.319 e. The van der Waals surface area contributed by atoms with Gasteiger partial charge in [-0.15, -0.1) is 0 Å². The SMILES string of the molecule is CNCC(CCC(C)C)Cc1ccc(Br)cc1. The van der Waals surface area contributed by atoms with Crippen LogP contribution in [0.5, 0.6) is 0 Å². The molecule has 1 atom stereocenters. The fraction of sp³-hybridized carbons (Fsp3) is 0.600. The third-order valence-corrected chi connectivity index (χ3v) is 3.61. The van der Waals surface area contributed by atoms with Gasteiger partial charge in [-0.05, 0) is 56.0 Å². The third kappa shape index (κ3) is 6.23. The smallest absolute Gasteiger partial charge is 0.0175 e. The van der Waals surface area contributed by atoms with Crippen molar-refractivity contribution in [3.05, 3.63) is 34.3 Å². The standard InChI is InChI=1S/C15H24BrN/c1-12(2)4-5-14(11-17-3)10-13-6-8-15(16)9-7-13/h6-9,12,14,17H,4-5,10-11H2,1-3H3. The van der Waals surface area contributed by atoms with Crippen LogP contribution in [0.15, 0.2) is 28.7 Å². The molecule has 0 amide bonds. The lowest BCUT2D eigenvalue weighted by Crippen LogP contribution is -2.21. The molecule has 0 aliphatic rings. The third-order valence-electron chi connectivity index (χ3n) is 3.08. The molecule has 0 aliphatic heterocycles. The van der Waals surface area contributed by atoms with Gasteiger partial charge in [0.05, 0.1) is 0 Å². The zero-order chi connectivity index (χ0) is 12.7. The van der Waals surface area contributed by atoms with Gasteiger partial charge in [-0.3, -0.25) is 0 Å². The Bertz CT molecular complexity index is 305. The van der Waals surface area contributed by atoms with Crippen LogP contribution in [0, 0.1) is 11.8 Å². The van der Waals surface area contributed by atoms with Crippen molar-refractivity contribution in [1.82, 2.24) is 5.32 Å². The summed E-state index contributed by atoms with van der Waals surface area (Å²) in [5.74, 6) is 1.56. The summed E-state index contributed by atoms with van der Waals surface area (Å²) in [5.41, 5.74) is 1.44. The molecule has 2 heteroatoms. The van der Waals surface area contributed by atoms with E-state index in [4.69, 9.17) is 0 Å². The number of nitrogens with one attached hydrogen (secondary N) is 1. The minimum Gasteiger partial charge on any atom is -0.319 e. The van der Waals surface area contributed by atoms with E-state index in [0.29, 0.717) is 0 Å². The highest BCUT2D eigenvalue weighted by molar-refractivity contribution is 9.10. The van der Waals surface area contributed by atoms with E-state index in [1.165, 1.54) is 24.8 Å². The Labute approximate surface area is 114 Å². The van der Waals surface area contributed by atoms with E-state index in [9.17, 15) is 0 Å². The van der Waals surface area contributed by atoms with Crippen molar-refractivity contribution in [1.29, 1.82) is 0 Å². The second-order valence-corrected chi connectivity index (χ2v) is 6.14. The molecule has 0 spiro atoms. The molecule has 1 unspecified atom stereocenters. The normalized spacial score (nSPS) is 13.0. The molecule has 1 rings (SSSR count). The lowest BCUT2D eigenvalue weighted by molar-refractivity contribution is 0.409. The quantitative estimate of drug-likeness (QED) is 0.793.